The molecule has 0 saturated heterocycles. The van der Waals surface area contributed by atoms with Crippen LogP contribution in [-0.4, -0.2) is 12.0 Å². The second-order valence-electron chi connectivity index (χ2n) is 7.48. The Morgan fingerprint density at radius 1 is 0.844 bits per heavy atom. The van der Waals surface area contributed by atoms with Crippen LogP contribution in [0, 0.1) is 0 Å². The fourth-order valence-electron chi connectivity index (χ4n) is 3.51. The van der Waals surface area contributed by atoms with E-state index in [0.29, 0.717) is 23.6 Å². The molecule has 0 bridgehead atoms. The van der Waals surface area contributed by atoms with Crippen LogP contribution in [0.15, 0.2) is 96.2 Å². The van der Waals surface area contributed by atoms with E-state index in [4.69, 9.17) is 9.47 Å². The zero-order valence-corrected chi connectivity index (χ0v) is 17.7. The quantitative estimate of drug-likeness (QED) is 0.538. The third kappa shape index (κ3) is 5.16. The van der Waals surface area contributed by atoms with E-state index in [9.17, 15) is 9.59 Å². The minimum Gasteiger partial charge on any atom is -0.489 e. The van der Waals surface area contributed by atoms with Gasteiger partial charge in [0.05, 0.1) is 11.6 Å². The van der Waals surface area contributed by atoms with Crippen LogP contribution in [0.3, 0.4) is 0 Å². The van der Waals surface area contributed by atoms with E-state index in [1.54, 1.807) is 6.92 Å². The zero-order valence-electron chi connectivity index (χ0n) is 17.7. The van der Waals surface area contributed by atoms with Crippen molar-refractivity contribution in [1.29, 1.82) is 0 Å². The average molecular weight is 428 g/mol. The molecule has 3 aromatic carbocycles. The lowest BCUT2D eigenvalue weighted by Gasteiger charge is -2.28. The molecule has 6 heteroatoms. The van der Waals surface area contributed by atoms with E-state index < -0.39 is 12.0 Å². The predicted molar refractivity (Wildman–Crippen MR) is 121 cm³/mol. The molecule has 0 fully saturated rings. The number of hydrogen-bond acceptors (Lipinski definition) is 4. The van der Waals surface area contributed by atoms with Gasteiger partial charge in [-0.2, -0.15) is 0 Å². The molecule has 162 valence electrons. The van der Waals surface area contributed by atoms with Crippen molar-refractivity contribution in [3.05, 3.63) is 113 Å². The number of hydrogen-bond donors (Lipinski definition) is 2. The maximum atomic E-state index is 12.9. The second-order valence-corrected chi connectivity index (χ2v) is 7.48. The Labute approximate surface area is 186 Å². The van der Waals surface area contributed by atoms with Crippen molar-refractivity contribution in [2.75, 3.05) is 0 Å². The van der Waals surface area contributed by atoms with Gasteiger partial charge in [-0.15, -0.1) is 0 Å². The summed E-state index contributed by atoms with van der Waals surface area (Å²) in [6.07, 6.45) is 0. The summed E-state index contributed by atoms with van der Waals surface area (Å²) >= 11 is 0. The van der Waals surface area contributed by atoms with Gasteiger partial charge >= 0.3 is 12.0 Å². The Balaban J connectivity index is 1.47. The molecule has 1 atom stereocenters. The summed E-state index contributed by atoms with van der Waals surface area (Å²) in [5.74, 6) is 0.222. The first-order valence-corrected chi connectivity index (χ1v) is 10.4. The molecular formula is C26H24N2O4. The molecule has 6 nitrogen and oxygen atoms in total. The number of ether oxygens (including phenoxy) is 2. The highest BCUT2D eigenvalue weighted by Gasteiger charge is 2.32. The van der Waals surface area contributed by atoms with Crippen molar-refractivity contribution in [1.82, 2.24) is 10.6 Å². The molecular weight excluding hydrogens is 404 g/mol. The molecule has 0 unspecified atom stereocenters. The number of allylic oxidation sites excluding steroid dienone is 1. The van der Waals surface area contributed by atoms with Crippen LogP contribution in [0.1, 0.15) is 29.7 Å². The SMILES string of the molecule is CC1=C(C(=O)OCc2ccccc2)[C@@H](c2ccc(OCc3ccccc3)cc2)NC(=O)N1. The smallest absolute Gasteiger partial charge is 0.338 e. The Kier molecular flexibility index (Phi) is 6.51. The van der Waals surface area contributed by atoms with E-state index in [2.05, 4.69) is 10.6 Å². The van der Waals surface area contributed by atoms with Gasteiger partial charge in [0.15, 0.2) is 0 Å². The fourth-order valence-corrected chi connectivity index (χ4v) is 3.51. The molecule has 0 spiro atoms. The molecule has 1 heterocycles. The standard InChI is InChI=1S/C26H24N2O4/c1-18-23(25(29)32-17-20-10-6-3-7-11-20)24(28-26(30)27-18)21-12-14-22(15-13-21)31-16-19-8-4-2-5-9-19/h2-15,24H,16-17H2,1H3,(H2,27,28,30)/t24-/m1/s1. The van der Waals surface area contributed by atoms with E-state index in [1.165, 1.54) is 0 Å². The highest BCUT2D eigenvalue weighted by molar-refractivity contribution is 5.95. The van der Waals surface area contributed by atoms with E-state index >= 15 is 0 Å². The lowest BCUT2D eigenvalue weighted by atomic mass is 9.95. The van der Waals surface area contributed by atoms with Crippen LogP contribution >= 0.6 is 0 Å². The largest absolute Gasteiger partial charge is 0.489 e. The van der Waals surface area contributed by atoms with Gasteiger partial charge in [0, 0.05) is 5.70 Å². The van der Waals surface area contributed by atoms with Crippen LogP contribution in [0.25, 0.3) is 0 Å². The molecule has 0 aromatic heterocycles. The van der Waals surface area contributed by atoms with Crippen molar-refractivity contribution in [3.63, 3.8) is 0 Å². The third-order valence-electron chi connectivity index (χ3n) is 5.16. The van der Waals surface area contributed by atoms with Gasteiger partial charge in [0.1, 0.15) is 19.0 Å². The number of rotatable bonds is 7. The number of nitrogens with one attached hydrogen (secondary N) is 2. The molecule has 1 aliphatic heterocycles. The molecule has 0 radical (unpaired) electrons. The average Bonchev–Trinajstić information content (AvgIpc) is 2.82. The van der Waals surface area contributed by atoms with Gasteiger partial charge in [0.2, 0.25) is 0 Å². The number of carbonyl (C=O) groups excluding carboxylic acids is 2. The first-order valence-electron chi connectivity index (χ1n) is 10.4. The number of urea groups is 1. The number of esters is 1. The number of amides is 2. The highest BCUT2D eigenvalue weighted by atomic mass is 16.5. The summed E-state index contributed by atoms with van der Waals surface area (Å²) in [5, 5.41) is 5.48. The summed E-state index contributed by atoms with van der Waals surface area (Å²) < 4.78 is 11.4. The van der Waals surface area contributed by atoms with Crippen molar-refractivity contribution in [2.24, 2.45) is 0 Å². The molecule has 0 saturated carbocycles. The monoisotopic (exact) mass is 428 g/mol. The maximum absolute atomic E-state index is 12.9. The normalized spacial score (nSPS) is 15.5. The first-order chi connectivity index (χ1) is 15.6. The van der Waals surface area contributed by atoms with Crippen molar-refractivity contribution >= 4 is 12.0 Å². The topological polar surface area (TPSA) is 76.7 Å². The summed E-state index contributed by atoms with van der Waals surface area (Å²) in [4.78, 5) is 25.0. The number of carbonyl (C=O) groups is 2. The molecule has 4 rings (SSSR count). The Morgan fingerprint density at radius 3 is 2.06 bits per heavy atom. The van der Waals surface area contributed by atoms with E-state index in [-0.39, 0.29) is 12.6 Å². The Morgan fingerprint density at radius 2 is 1.44 bits per heavy atom. The van der Waals surface area contributed by atoms with Crippen LogP contribution in [0.5, 0.6) is 5.75 Å². The van der Waals surface area contributed by atoms with Gasteiger partial charge in [-0.25, -0.2) is 9.59 Å². The van der Waals surface area contributed by atoms with Gasteiger partial charge in [0.25, 0.3) is 0 Å². The van der Waals surface area contributed by atoms with Gasteiger partial charge in [-0.05, 0) is 35.7 Å². The minimum atomic E-state index is -0.616. The summed E-state index contributed by atoms with van der Waals surface area (Å²) in [5.41, 5.74) is 3.57. The molecule has 2 N–H and O–H groups in total. The predicted octanol–water partition coefficient (Wildman–Crippen LogP) is 4.64. The second kappa shape index (κ2) is 9.83. The fraction of sp³-hybridized carbons (Fsp3) is 0.154. The van der Waals surface area contributed by atoms with Gasteiger partial charge < -0.3 is 20.1 Å². The van der Waals surface area contributed by atoms with Crippen molar-refractivity contribution < 1.29 is 19.1 Å². The highest BCUT2D eigenvalue weighted by Crippen LogP contribution is 2.29. The van der Waals surface area contributed by atoms with E-state index in [1.807, 2.05) is 84.9 Å². The van der Waals surface area contributed by atoms with Crippen LogP contribution in [0.4, 0.5) is 4.79 Å². The van der Waals surface area contributed by atoms with E-state index in [0.717, 1.165) is 16.7 Å². The van der Waals surface area contributed by atoms with Crippen LogP contribution in [-0.2, 0) is 22.7 Å². The first kappa shape index (κ1) is 21.2. The molecule has 3 aromatic rings. The molecule has 0 aliphatic carbocycles. The molecule has 32 heavy (non-hydrogen) atoms. The summed E-state index contributed by atoms with van der Waals surface area (Å²) in [6.45, 7) is 2.31. The van der Waals surface area contributed by atoms with Gasteiger partial charge in [-0.3, -0.25) is 0 Å². The van der Waals surface area contributed by atoms with Crippen molar-refractivity contribution in [2.45, 2.75) is 26.2 Å². The van der Waals surface area contributed by atoms with Crippen LogP contribution in [0.2, 0.25) is 0 Å². The molecule has 1 aliphatic rings. The van der Waals surface area contributed by atoms with Crippen LogP contribution < -0.4 is 15.4 Å². The summed E-state index contributed by atoms with van der Waals surface area (Å²) in [6, 6.07) is 25.7. The Hall–Kier alpha value is -4.06. The number of benzene rings is 3. The van der Waals surface area contributed by atoms with Crippen molar-refractivity contribution in [3.8, 4) is 5.75 Å². The third-order valence-corrected chi connectivity index (χ3v) is 5.16. The van der Waals surface area contributed by atoms with Gasteiger partial charge in [-0.1, -0.05) is 72.8 Å². The minimum absolute atomic E-state index is 0.156. The Bertz CT molecular complexity index is 1110. The maximum Gasteiger partial charge on any atom is 0.338 e. The lowest BCUT2D eigenvalue weighted by molar-refractivity contribution is -0.140. The lowest BCUT2D eigenvalue weighted by Crippen LogP contribution is -2.45. The summed E-state index contributed by atoms with van der Waals surface area (Å²) in [7, 11) is 0. The zero-order chi connectivity index (χ0) is 22.3. The molecule has 2 amide bonds.